The molecule has 0 aromatic carbocycles. The van der Waals surface area contributed by atoms with Gasteiger partial charge in [0, 0.05) is 25.0 Å². The third kappa shape index (κ3) is 5.74. The van der Waals surface area contributed by atoms with Gasteiger partial charge in [0.1, 0.15) is 12.1 Å². The number of nitrogens with zero attached hydrogens (tertiary/aromatic N) is 2. The Labute approximate surface area is 174 Å². The van der Waals surface area contributed by atoms with Crippen LogP contribution in [-0.2, 0) is 38.2 Å². The Morgan fingerprint density at radius 1 is 0.767 bits per heavy atom. The van der Waals surface area contributed by atoms with Crippen molar-refractivity contribution in [2.75, 3.05) is 13.2 Å². The van der Waals surface area contributed by atoms with E-state index in [4.69, 9.17) is 9.47 Å². The van der Waals surface area contributed by atoms with Gasteiger partial charge in [-0.05, 0) is 39.5 Å². The summed E-state index contributed by atoms with van der Waals surface area (Å²) in [6.07, 6.45) is 5.10. The fourth-order valence-electron chi connectivity index (χ4n) is 3.17. The maximum atomic E-state index is 12.0. The Kier molecular flexibility index (Phi) is 8.25. The summed E-state index contributed by atoms with van der Waals surface area (Å²) in [5.41, 5.74) is 0. The number of ether oxygens (including phenoxy) is 2. The van der Waals surface area contributed by atoms with E-state index in [0.717, 1.165) is 34.8 Å². The summed E-state index contributed by atoms with van der Waals surface area (Å²) in [4.78, 5) is 72.1. The second-order valence-electron chi connectivity index (χ2n) is 7.14. The van der Waals surface area contributed by atoms with Gasteiger partial charge < -0.3 is 9.47 Å². The minimum absolute atomic E-state index is 0.126. The third-order valence-electron chi connectivity index (χ3n) is 4.92. The number of hydrogen-bond donors (Lipinski definition) is 0. The van der Waals surface area contributed by atoms with Crippen molar-refractivity contribution >= 4 is 35.6 Å². The van der Waals surface area contributed by atoms with Crippen molar-refractivity contribution in [1.29, 1.82) is 0 Å². The zero-order chi connectivity index (χ0) is 22.3. The lowest BCUT2D eigenvalue weighted by Gasteiger charge is -2.21. The third-order valence-corrected chi connectivity index (χ3v) is 4.92. The van der Waals surface area contributed by atoms with Gasteiger partial charge in [-0.15, -0.1) is 0 Å². The molecule has 1 fully saturated rings. The van der Waals surface area contributed by atoms with E-state index in [9.17, 15) is 28.8 Å². The summed E-state index contributed by atoms with van der Waals surface area (Å²) in [5, 5.41) is 0. The van der Waals surface area contributed by atoms with E-state index < -0.39 is 35.8 Å². The fourth-order valence-corrected chi connectivity index (χ4v) is 3.17. The first-order valence-electron chi connectivity index (χ1n) is 9.97. The molecule has 2 atom stereocenters. The average molecular weight is 422 g/mol. The molecule has 164 valence electrons. The van der Waals surface area contributed by atoms with Gasteiger partial charge in [-0.1, -0.05) is 0 Å². The van der Waals surface area contributed by atoms with Crippen LogP contribution in [0.2, 0.25) is 0 Å². The second-order valence-corrected chi connectivity index (χ2v) is 7.14. The number of carbonyl (C=O) groups is 6. The van der Waals surface area contributed by atoms with E-state index >= 15 is 0 Å². The Balaban J connectivity index is 1.54. The van der Waals surface area contributed by atoms with E-state index in [1.165, 1.54) is 13.8 Å². The number of hydrogen-bond acceptors (Lipinski definition) is 8. The molecule has 2 unspecified atom stereocenters. The number of carbonyl (C=O) groups excluding carboxylic acids is 6. The van der Waals surface area contributed by atoms with Crippen molar-refractivity contribution in [2.24, 2.45) is 0 Å². The topological polar surface area (TPSA) is 127 Å². The molecule has 0 bridgehead atoms. The monoisotopic (exact) mass is 422 g/mol. The first-order valence-corrected chi connectivity index (χ1v) is 9.97. The van der Waals surface area contributed by atoms with Crippen LogP contribution in [-0.4, -0.2) is 70.7 Å². The molecule has 2 aliphatic rings. The lowest BCUT2D eigenvalue weighted by atomic mass is 10.2. The van der Waals surface area contributed by atoms with Crippen LogP contribution < -0.4 is 0 Å². The van der Waals surface area contributed by atoms with E-state index in [1.54, 1.807) is 0 Å². The van der Waals surface area contributed by atoms with E-state index in [0.29, 0.717) is 12.8 Å². The molecular formula is C20H26N2O8. The predicted octanol–water partition coefficient (Wildman–Crippen LogP) is 0.484. The molecule has 1 saturated heterocycles. The standard InChI is InChI=1S/C20H26N2O8/c1-13(21-15(23)7-8-16(21)24)19(27)29-11-5-3-4-6-12-30-20(28)14(2)22-17(25)9-10-18(22)26/h7-8,13-14H,3-6,9-12H2,1-2H3. The molecule has 0 saturated carbocycles. The number of rotatable bonds is 11. The zero-order valence-corrected chi connectivity index (χ0v) is 17.1. The van der Waals surface area contributed by atoms with Gasteiger partial charge in [0.05, 0.1) is 13.2 Å². The molecule has 10 heteroatoms. The summed E-state index contributed by atoms with van der Waals surface area (Å²) in [7, 11) is 0. The van der Waals surface area contributed by atoms with Crippen LogP contribution in [0.1, 0.15) is 52.4 Å². The van der Waals surface area contributed by atoms with Crippen LogP contribution in [0.25, 0.3) is 0 Å². The SMILES string of the molecule is CC(C(=O)OCCCCCCOC(=O)C(C)N1C(=O)CCC1=O)N1C(=O)C=CC1=O. The molecule has 2 aliphatic heterocycles. The highest BCUT2D eigenvalue weighted by Crippen LogP contribution is 2.16. The van der Waals surface area contributed by atoms with Gasteiger partial charge in [-0.2, -0.15) is 0 Å². The van der Waals surface area contributed by atoms with Crippen LogP contribution in [0.15, 0.2) is 12.2 Å². The highest BCUT2D eigenvalue weighted by atomic mass is 16.5. The molecule has 0 spiro atoms. The van der Waals surface area contributed by atoms with E-state index in [2.05, 4.69) is 0 Å². The molecule has 2 rings (SSSR count). The number of unbranched alkanes of at least 4 members (excludes halogenated alkanes) is 3. The smallest absolute Gasteiger partial charge is 0.329 e. The first-order chi connectivity index (χ1) is 14.2. The quantitative estimate of drug-likeness (QED) is 0.267. The molecule has 0 aliphatic carbocycles. The molecule has 2 heterocycles. The maximum absolute atomic E-state index is 12.0. The molecule has 0 aromatic heterocycles. The highest BCUT2D eigenvalue weighted by Gasteiger charge is 2.37. The van der Waals surface area contributed by atoms with E-state index in [1.807, 2.05) is 0 Å². The van der Waals surface area contributed by atoms with Crippen molar-refractivity contribution in [1.82, 2.24) is 9.80 Å². The normalized spacial score (nSPS) is 18.2. The van der Waals surface area contributed by atoms with Crippen LogP contribution in [0.3, 0.4) is 0 Å². The van der Waals surface area contributed by atoms with Crippen LogP contribution >= 0.6 is 0 Å². The minimum Gasteiger partial charge on any atom is -0.464 e. The van der Waals surface area contributed by atoms with Gasteiger partial charge in [0.15, 0.2) is 0 Å². The first kappa shape index (κ1) is 23.2. The summed E-state index contributed by atoms with van der Waals surface area (Å²) in [6.45, 7) is 3.23. The van der Waals surface area contributed by atoms with E-state index in [-0.39, 0.29) is 37.9 Å². The Morgan fingerprint density at radius 3 is 1.60 bits per heavy atom. The Morgan fingerprint density at radius 2 is 1.17 bits per heavy atom. The number of likely N-dealkylation sites (tertiary alicyclic amines) is 1. The van der Waals surface area contributed by atoms with Crippen molar-refractivity contribution < 1.29 is 38.2 Å². The van der Waals surface area contributed by atoms with Gasteiger partial charge in [0.2, 0.25) is 11.8 Å². The number of imide groups is 2. The summed E-state index contributed by atoms with van der Waals surface area (Å²) in [5.74, 6) is -3.04. The van der Waals surface area contributed by atoms with Gasteiger partial charge in [0.25, 0.3) is 11.8 Å². The molecule has 30 heavy (non-hydrogen) atoms. The van der Waals surface area contributed by atoms with Gasteiger partial charge in [-0.3, -0.25) is 29.0 Å². The van der Waals surface area contributed by atoms with Crippen molar-refractivity contribution in [3.63, 3.8) is 0 Å². The number of amides is 4. The summed E-state index contributed by atoms with van der Waals surface area (Å²) in [6, 6.07) is -1.89. The van der Waals surface area contributed by atoms with Crippen molar-refractivity contribution in [3.05, 3.63) is 12.2 Å². The number of esters is 2. The Bertz CT molecular complexity index is 700. The largest absolute Gasteiger partial charge is 0.464 e. The lowest BCUT2D eigenvalue weighted by molar-refractivity contribution is -0.157. The zero-order valence-electron chi connectivity index (χ0n) is 17.1. The van der Waals surface area contributed by atoms with Gasteiger partial charge >= 0.3 is 11.9 Å². The predicted molar refractivity (Wildman–Crippen MR) is 101 cm³/mol. The Hall–Kier alpha value is -3.04. The van der Waals surface area contributed by atoms with Crippen molar-refractivity contribution in [2.45, 2.75) is 64.5 Å². The molecule has 0 N–H and O–H groups in total. The summed E-state index contributed by atoms with van der Waals surface area (Å²) < 4.78 is 10.2. The van der Waals surface area contributed by atoms with Crippen LogP contribution in [0, 0.1) is 0 Å². The second kappa shape index (κ2) is 10.7. The minimum atomic E-state index is -0.976. The van der Waals surface area contributed by atoms with Crippen LogP contribution in [0.5, 0.6) is 0 Å². The molecule has 4 amide bonds. The van der Waals surface area contributed by atoms with Crippen LogP contribution in [0.4, 0.5) is 0 Å². The van der Waals surface area contributed by atoms with Crippen molar-refractivity contribution in [3.8, 4) is 0 Å². The highest BCUT2D eigenvalue weighted by molar-refractivity contribution is 6.14. The molecule has 0 aromatic rings. The van der Waals surface area contributed by atoms with Gasteiger partial charge in [-0.25, -0.2) is 9.59 Å². The maximum Gasteiger partial charge on any atom is 0.329 e. The lowest BCUT2D eigenvalue weighted by Crippen LogP contribution is -2.43. The molecule has 0 radical (unpaired) electrons. The fraction of sp³-hybridized carbons (Fsp3) is 0.600. The summed E-state index contributed by atoms with van der Waals surface area (Å²) >= 11 is 0. The molecule has 10 nitrogen and oxygen atoms in total. The average Bonchev–Trinajstić information content (AvgIpc) is 3.22. The molecular weight excluding hydrogens is 396 g/mol.